The van der Waals surface area contributed by atoms with E-state index in [4.69, 9.17) is 4.74 Å². The number of imide groups is 1. The van der Waals surface area contributed by atoms with Gasteiger partial charge in [0, 0.05) is 5.54 Å². The maximum absolute atomic E-state index is 13.3. The summed E-state index contributed by atoms with van der Waals surface area (Å²) in [5.74, 6) is -1.63. The molecular weight excluding hydrogens is 440 g/mol. The van der Waals surface area contributed by atoms with Crippen LogP contribution in [-0.2, 0) is 24.3 Å². The van der Waals surface area contributed by atoms with Gasteiger partial charge in [-0.1, -0.05) is 6.07 Å². The molecule has 1 fully saturated rings. The fourth-order valence-corrected chi connectivity index (χ4v) is 6.54. The number of carbonyl (C=O) groups excluding carboxylic acids is 3. The predicted octanol–water partition coefficient (Wildman–Crippen LogP) is 3.05. The molecule has 3 rings (SSSR count). The fourth-order valence-electron chi connectivity index (χ4n) is 3.53. The van der Waals surface area contributed by atoms with Crippen LogP contribution in [0.2, 0.25) is 0 Å². The summed E-state index contributed by atoms with van der Waals surface area (Å²) in [6, 6.07) is 7.81. The first-order valence-electron chi connectivity index (χ1n) is 9.70. The van der Waals surface area contributed by atoms with Crippen LogP contribution in [0.4, 0.5) is 5.69 Å². The number of rotatable bonds is 6. The van der Waals surface area contributed by atoms with E-state index in [-0.39, 0.29) is 28.5 Å². The minimum absolute atomic E-state index is 0.111. The van der Waals surface area contributed by atoms with Gasteiger partial charge in [0.1, 0.15) is 10.3 Å². The number of anilines is 1. The van der Waals surface area contributed by atoms with Crippen molar-refractivity contribution in [1.29, 1.82) is 0 Å². The number of sulfonamides is 1. The van der Waals surface area contributed by atoms with Crippen molar-refractivity contribution in [3.05, 3.63) is 47.3 Å². The standard InChI is InChI=1S/C21H24N2O6S2/c1-5-29-20(26)14-8-10-15(11-9-14)22-17(24)13-16(19(22)25)23(21(2,3)4)31(27,28)18-7-6-12-30-18/h6-12,16H,5,13H2,1-4H3. The van der Waals surface area contributed by atoms with E-state index in [1.54, 1.807) is 39.1 Å². The van der Waals surface area contributed by atoms with Gasteiger partial charge < -0.3 is 4.74 Å². The summed E-state index contributed by atoms with van der Waals surface area (Å²) in [5, 5.41) is 1.65. The van der Waals surface area contributed by atoms with Crippen molar-refractivity contribution >= 4 is 44.8 Å². The summed E-state index contributed by atoms with van der Waals surface area (Å²) >= 11 is 1.06. The van der Waals surface area contributed by atoms with E-state index in [2.05, 4.69) is 0 Å². The molecule has 1 aliphatic heterocycles. The average molecular weight is 465 g/mol. The summed E-state index contributed by atoms with van der Waals surface area (Å²) in [5.41, 5.74) is -0.376. The van der Waals surface area contributed by atoms with E-state index in [0.29, 0.717) is 0 Å². The maximum atomic E-state index is 13.3. The number of carbonyl (C=O) groups is 3. The zero-order valence-corrected chi connectivity index (χ0v) is 19.3. The van der Waals surface area contributed by atoms with Crippen LogP contribution in [0.25, 0.3) is 0 Å². The Bertz CT molecular complexity index is 1090. The third-order valence-electron chi connectivity index (χ3n) is 4.71. The maximum Gasteiger partial charge on any atom is 0.338 e. The molecule has 1 atom stereocenters. The molecule has 0 spiro atoms. The lowest BCUT2D eigenvalue weighted by Gasteiger charge is -2.37. The van der Waals surface area contributed by atoms with Gasteiger partial charge in [-0.2, -0.15) is 4.31 Å². The quantitative estimate of drug-likeness (QED) is 0.481. The van der Waals surface area contributed by atoms with Crippen LogP contribution >= 0.6 is 11.3 Å². The molecule has 0 radical (unpaired) electrons. The summed E-state index contributed by atoms with van der Waals surface area (Å²) in [4.78, 5) is 38.8. The smallest absolute Gasteiger partial charge is 0.338 e. The topological polar surface area (TPSA) is 101 Å². The number of benzene rings is 1. The number of esters is 1. The van der Waals surface area contributed by atoms with E-state index in [1.807, 2.05) is 0 Å². The number of hydrogen-bond acceptors (Lipinski definition) is 7. The van der Waals surface area contributed by atoms with Crippen LogP contribution in [0, 0.1) is 0 Å². The van der Waals surface area contributed by atoms with Crippen LogP contribution in [0.1, 0.15) is 44.5 Å². The van der Waals surface area contributed by atoms with Crippen molar-refractivity contribution in [3.63, 3.8) is 0 Å². The highest BCUT2D eigenvalue weighted by atomic mass is 32.2. The Morgan fingerprint density at radius 1 is 1.19 bits per heavy atom. The molecule has 1 aromatic heterocycles. The van der Waals surface area contributed by atoms with Crippen LogP contribution in [-0.4, -0.2) is 48.7 Å². The largest absolute Gasteiger partial charge is 0.462 e. The molecule has 8 nitrogen and oxygen atoms in total. The van der Waals surface area contributed by atoms with Gasteiger partial charge in [0.2, 0.25) is 5.91 Å². The van der Waals surface area contributed by atoms with E-state index in [0.717, 1.165) is 20.5 Å². The number of amides is 2. The van der Waals surface area contributed by atoms with Crippen LogP contribution in [0.3, 0.4) is 0 Å². The Kier molecular flexibility index (Phi) is 6.35. The van der Waals surface area contributed by atoms with Gasteiger partial charge in [0.05, 0.1) is 24.3 Å². The Hall–Kier alpha value is -2.56. The molecule has 2 aromatic rings. The molecule has 166 valence electrons. The van der Waals surface area contributed by atoms with Gasteiger partial charge in [-0.05, 0) is 63.4 Å². The lowest BCUT2D eigenvalue weighted by Crippen LogP contribution is -2.54. The Labute approximate surface area is 185 Å². The molecule has 0 saturated carbocycles. The Balaban J connectivity index is 1.95. The van der Waals surface area contributed by atoms with Gasteiger partial charge in [0.15, 0.2) is 0 Å². The average Bonchev–Trinajstić information content (AvgIpc) is 3.31. The van der Waals surface area contributed by atoms with E-state index >= 15 is 0 Å². The molecule has 0 aliphatic carbocycles. The first-order chi connectivity index (χ1) is 14.5. The highest BCUT2D eigenvalue weighted by Crippen LogP contribution is 2.35. The summed E-state index contributed by atoms with van der Waals surface area (Å²) in [7, 11) is -3.99. The number of hydrogen-bond donors (Lipinski definition) is 0. The highest BCUT2D eigenvalue weighted by Gasteiger charge is 2.50. The van der Waals surface area contributed by atoms with Crippen molar-refractivity contribution in [2.75, 3.05) is 11.5 Å². The molecule has 0 bridgehead atoms. The second-order valence-corrected chi connectivity index (χ2v) is 10.9. The fraction of sp³-hybridized carbons (Fsp3) is 0.381. The van der Waals surface area contributed by atoms with Gasteiger partial charge >= 0.3 is 5.97 Å². The molecule has 1 aliphatic rings. The third-order valence-corrected chi connectivity index (χ3v) is 8.26. The zero-order valence-electron chi connectivity index (χ0n) is 17.7. The highest BCUT2D eigenvalue weighted by molar-refractivity contribution is 7.91. The van der Waals surface area contributed by atoms with Gasteiger partial charge in [-0.25, -0.2) is 18.1 Å². The van der Waals surface area contributed by atoms with Crippen LogP contribution < -0.4 is 4.90 Å². The monoisotopic (exact) mass is 464 g/mol. The normalized spacial score (nSPS) is 17.5. The first-order valence-corrected chi connectivity index (χ1v) is 12.0. The van der Waals surface area contributed by atoms with Gasteiger partial charge in [-0.3, -0.25) is 9.59 Å². The number of ether oxygens (including phenoxy) is 1. The molecule has 2 amide bonds. The second kappa shape index (κ2) is 8.52. The molecule has 0 N–H and O–H groups in total. The van der Waals surface area contributed by atoms with E-state index < -0.39 is 39.4 Å². The number of nitrogens with zero attached hydrogens (tertiary/aromatic N) is 2. The van der Waals surface area contributed by atoms with Crippen LogP contribution in [0.5, 0.6) is 0 Å². The first kappa shape index (κ1) is 23.1. The Morgan fingerprint density at radius 3 is 2.35 bits per heavy atom. The van der Waals surface area contributed by atoms with Crippen molar-refractivity contribution in [2.24, 2.45) is 0 Å². The summed E-state index contributed by atoms with van der Waals surface area (Å²) in [6.07, 6.45) is -0.264. The third kappa shape index (κ3) is 4.41. The second-order valence-electron chi connectivity index (χ2n) is 7.96. The van der Waals surface area contributed by atoms with E-state index in [1.165, 1.54) is 30.3 Å². The minimum atomic E-state index is -3.99. The molecule has 31 heavy (non-hydrogen) atoms. The predicted molar refractivity (Wildman–Crippen MR) is 116 cm³/mol. The zero-order chi connectivity index (χ0) is 23.0. The summed E-state index contributed by atoms with van der Waals surface area (Å²) in [6.45, 7) is 6.98. The van der Waals surface area contributed by atoms with Crippen molar-refractivity contribution in [3.8, 4) is 0 Å². The minimum Gasteiger partial charge on any atom is -0.462 e. The lowest BCUT2D eigenvalue weighted by molar-refractivity contribution is -0.122. The van der Waals surface area contributed by atoms with Gasteiger partial charge in [-0.15, -0.1) is 11.3 Å². The van der Waals surface area contributed by atoms with Crippen molar-refractivity contribution in [2.45, 2.75) is 49.9 Å². The molecular formula is C21H24N2O6S2. The van der Waals surface area contributed by atoms with E-state index in [9.17, 15) is 22.8 Å². The van der Waals surface area contributed by atoms with Crippen molar-refractivity contribution in [1.82, 2.24) is 4.31 Å². The van der Waals surface area contributed by atoms with Gasteiger partial charge in [0.25, 0.3) is 15.9 Å². The number of thiophene rings is 1. The molecule has 1 unspecified atom stereocenters. The SMILES string of the molecule is CCOC(=O)c1ccc(N2C(=O)CC(N(C(C)(C)C)S(=O)(=O)c3cccs3)C2=O)cc1. The molecule has 10 heteroatoms. The molecule has 1 saturated heterocycles. The molecule has 2 heterocycles. The van der Waals surface area contributed by atoms with Crippen molar-refractivity contribution < 1.29 is 27.5 Å². The van der Waals surface area contributed by atoms with Crippen LogP contribution in [0.15, 0.2) is 46.0 Å². The molecule has 1 aromatic carbocycles. The Morgan fingerprint density at radius 2 is 1.84 bits per heavy atom. The summed E-state index contributed by atoms with van der Waals surface area (Å²) < 4.78 is 32.8. The lowest BCUT2D eigenvalue weighted by atomic mass is 10.1.